The lowest BCUT2D eigenvalue weighted by molar-refractivity contribution is -0.140. The molecule has 23 heavy (non-hydrogen) atoms. The van der Waals surface area contributed by atoms with Crippen LogP contribution in [0, 0.1) is 34.0 Å². The van der Waals surface area contributed by atoms with E-state index in [2.05, 4.69) is 0 Å². The Hall–Kier alpha value is -3.19. The van der Waals surface area contributed by atoms with E-state index in [1.165, 1.54) is 18.2 Å². The number of anilines is 1. The summed E-state index contributed by atoms with van der Waals surface area (Å²) >= 11 is 0. The van der Waals surface area contributed by atoms with Crippen LogP contribution in [0.4, 0.5) is 32.0 Å². The predicted molar refractivity (Wildman–Crippen MR) is 63.9 cm³/mol. The smallest absolute Gasteiger partial charge is 0.345 e. The number of allylic oxidation sites excluding steroid dienone is 2. The highest BCUT2D eigenvalue weighted by molar-refractivity contribution is 5.63. The fourth-order valence-electron chi connectivity index (χ4n) is 1.49. The molecular formula is C13H4F6N4. The average molecular weight is 330 g/mol. The van der Waals surface area contributed by atoms with Crippen LogP contribution in [-0.4, -0.2) is 0 Å². The SMILES string of the molecule is N#CC(C#N)=C(C#N)Nc1cc(C(F)(F)F)ccc1C(F)(F)F. The molecular weight excluding hydrogens is 326 g/mol. The normalized spacial score (nSPS) is 10.9. The lowest BCUT2D eigenvalue weighted by Gasteiger charge is -2.16. The van der Waals surface area contributed by atoms with Gasteiger partial charge in [-0.3, -0.25) is 0 Å². The largest absolute Gasteiger partial charge is 0.418 e. The van der Waals surface area contributed by atoms with Crippen molar-refractivity contribution in [1.82, 2.24) is 0 Å². The third-order valence-electron chi connectivity index (χ3n) is 2.50. The van der Waals surface area contributed by atoms with Crippen LogP contribution < -0.4 is 5.32 Å². The van der Waals surface area contributed by atoms with Gasteiger partial charge in [-0.25, -0.2) is 0 Å². The Morgan fingerprint density at radius 1 is 0.870 bits per heavy atom. The van der Waals surface area contributed by atoms with E-state index in [0.29, 0.717) is 0 Å². The summed E-state index contributed by atoms with van der Waals surface area (Å²) in [6.45, 7) is 0. The molecule has 10 heteroatoms. The molecule has 1 rings (SSSR count). The van der Waals surface area contributed by atoms with Gasteiger partial charge in [-0.15, -0.1) is 0 Å². The average Bonchev–Trinajstić information content (AvgIpc) is 2.45. The molecule has 0 saturated heterocycles. The van der Waals surface area contributed by atoms with Gasteiger partial charge >= 0.3 is 12.4 Å². The molecule has 0 bridgehead atoms. The van der Waals surface area contributed by atoms with Crippen molar-refractivity contribution in [3.8, 4) is 18.2 Å². The first kappa shape index (κ1) is 17.9. The molecule has 0 saturated carbocycles. The highest BCUT2D eigenvalue weighted by atomic mass is 19.4. The number of benzene rings is 1. The zero-order chi connectivity index (χ0) is 17.8. The quantitative estimate of drug-likeness (QED) is 0.657. The van der Waals surface area contributed by atoms with Crippen LogP contribution in [0.1, 0.15) is 11.1 Å². The molecule has 1 N–H and O–H groups in total. The van der Waals surface area contributed by atoms with Gasteiger partial charge in [0.15, 0.2) is 5.57 Å². The summed E-state index contributed by atoms with van der Waals surface area (Å²) in [6, 6.07) is 4.35. The standard InChI is InChI=1S/C13H4F6N4/c14-12(15,16)8-1-2-9(13(17,18)19)10(3-8)23-11(6-22)7(4-20)5-21/h1-3,23H. The van der Waals surface area contributed by atoms with Gasteiger partial charge in [0.25, 0.3) is 0 Å². The second kappa shape index (κ2) is 6.29. The van der Waals surface area contributed by atoms with Crippen LogP contribution in [0.25, 0.3) is 0 Å². The van der Waals surface area contributed by atoms with Crippen LogP contribution in [0.5, 0.6) is 0 Å². The molecule has 0 heterocycles. The van der Waals surface area contributed by atoms with E-state index in [0.717, 1.165) is 0 Å². The summed E-state index contributed by atoms with van der Waals surface area (Å²) in [6.07, 6.45) is -9.92. The number of nitriles is 3. The highest BCUT2D eigenvalue weighted by Crippen LogP contribution is 2.39. The van der Waals surface area contributed by atoms with E-state index in [4.69, 9.17) is 15.8 Å². The molecule has 0 aliphatic heterocycles. The topological polar surface area (TPSA) is 83.4 Å². The highest BCUT2D eigenvalue weighted by Gasteiger charge is 2.37. The molecule has 0 aliphatic carbocycles. The second-order valence-electron chi connectivity index (χ2n) is 3.97. The summed E-state index contributed by atoms with van der Waals surface area (Å²) in [7, 11) is 0. The monoisotopic (exact) mass is 330 g/mol. The van der Waals surface area contributed by atoms with Crippen LogP contribution in [-0.2, 0) is 12.4 Å². The molecule has 118 valence electrons. The fraction of sp³-hybridized carbons (Fsp3) is 0.154. The van der Waals surface area contributed by atoms with Crippen LogP contribution in [0.15, 0.2) is 29.5 Å². The molecule has 0 radical (unpaired) electrons. The summed E-state index contributed by atoms with van der Waals surface area (Å²) in [5.41, 5.74) is -5.71. The number of halogens is 6. The van der Waals surface area contributed by atoms with Crippen LogP contribution in [0.3, 0.4) is 0 Å². The van der Waals surface area contributed by atoms with Crippen molar-refractivity contribution < 1.29 is 26.3 Å². The van der Waals surface area contributed by atoms with Gasteiger partial charge in [0.1, 0.15) is 23.9 Å². The van der Waals surface area contributed by atoms with Crippen molar-refractivity contribution in [1.29, 1.82) is 15.8 Å². The first-order chi connectivity index (χ1) is 10.5. The van der Waals surface area contributed by atoms with Gasteiger partial charge in [-0.05, 0) is 18.2 Å². The Balaban J connectivity index is 3.56. The number of hydrogen-bond donors (Lipinski definition) is 1. The molecule has 0 atom stereocenters. The third kappa shape index (κ3) is 4.14. The van der Waals surface area contributed by atoms with Crippen LogP contribution in [0.2, 0.25) is 0 Å². The minimum Gasteiger partial charge on any atom is -0.345 e. The predicted octanol–water partition coefficient (Wildman–Crippen LogP) is 3.96. The minimum absolute atomic E-state index is 0.145. The van der Waals surface area contributed by atoms with E-state index in [1.54, 1.807) is 5.32 Å². The molecule has 0 aromatic heterocycles. The maximum Gasteiger partial charge on any atom is 0.418 e. The number of rotatable bonds is 2. The van der Waals surface area contributed by atoms with Gasteiger partial charge in [0.05, 0.1) is 16.8 Å². The van der Waals surface area contributed by atoms with Gasteiger partial charge in [-0.2, -0.15) is 42.1 Å². The molecule has 0 aliphatic rings. The Kier molecular flexibility index (Phi) is 4.88. The fourth-order valence-corrected chi connectivity index (χ4v) is 1.49. The second-order valence-corrected chi connectivity index (χ2v) is 3.97. The Morgan fingerprint density at radius 3 is 1.83 bits per heavy atom. The lowest BCUT2D eigenvalue weighted by atomic mass is 10.1. The summed E-state index contributed by atoms with van der Waals surface area (Å²) in [5.74, 6) is 0. The third-order valence-corrected chi connectivity index (χ3v) is 2.50. The molecule has 1 aromatic rings. The lowest BCUT2D eigenvalue weighted by Crippen LogP contribution is -2.14. The summed E-state index contributed by atoms with van der Waals surface area (Å²) < 4.78 is 76.4. The maximum absolute atomic E-state index is 12.8. The number of alkyl halides is 6. The maximum atomic E-state index is 12.8. The zero-order valence-corrected chi connectivity index (χ0v) is 10.8. The first-order valence-electron chi connectivity index (χ1n) is 5.54. The van der Waals surface area contributed by atoms with Crippen molar-refractivity contribution in [2.24, 2.45) is 0 Å². The summed E-state index contributed by atoms with van der Waals surface area (Å²) in [4.78, 5) is 0. The number of hydrogen-bond acceptors (Lipinski definition) is 4. The molecule has 0 fully saturated rings. The van der Waals surface area contributed by atoms with E-state index in [9.17, 15) is 26.3 Å². The molecule has 1 aromatic carbocycles. The summed E-state index contributed by atoms with van der Waals surface area (Å²) in [5, 5.41) is 27.7. The number of nitrogens with zero attached hydrogens (tertiary/aromatic N) is 3. The van der Waals surface area contributed by atoms with Crippen molar-refractivity contribution in [3.63, 3.8) is 0 Å². The van der Waals surface area contributed by atoms with Crippen LogP contribution >= 0.6 is 0 Å². The van der Waals surface area contributed by atoms with Gasteiger partial charge in [-0.1, -0.05) is 0 Å². The zero-order valence-electron chi connectivity index (χ0n) is 10.8. The van der Waals surface area contributed by atoms with Gasteiger partial charge in [0, 0.05) is 0 Å². The number of nitrogens with one attached hydrogen (secondary N) is 1. The van der Waals surface area contributed by atoms with E-state index in [-0.39, 0.29) is 18.2 Å². The van der Waals surface area contributed by atoms with Gasteiger partial charge in [0.2, 0.25) is 0 Å². The first-order valence-corrected chi connectivity index (χ1v) is 5.54. The van der Waals surface area contributed by atoms with E-state index < -0.39 is 40.4 Å². The van der Waals surface area contributed by atoms with Crippen molar-refractivity contribution in [2.45, 2.75) is 12.4 Å². The van der Waals surface area contributed by atoms with E-state index >= 15 is 0 Å². The van der Waals surface area contributed by atoms with Crippen molar-refractivity contribution in [2.75, 3.05) is 5.32 Å². The molecule has 0 spiro atoms. The molecule has 0 amide bonds. The van der Waals surface area contributed by atoms with Gasteiger partial charge < -0.3 is 5.32 Å². The molecule has 4 nitrogen and oxygen atoms in total. The Labute approximate surface area is 125 Å². The Morgan fingerprint density at radius 2 is 1.43 bits per heavy atom. The minimum atomic E-state index is -5.01. The van der Waals surface area contributed by atoms with E-state index in [1.807, 2.05) is 0 Å². The molecule has 0 unspecified atom stereocenters. The van der Waals surface area contributed by atoms with Crippen molar-refractivity contribution in [3.05, 3.63) is 40.6 Å². The van der Waals surface area contributed by atoms with Crippen molar-refractivity contribution >= 4 is 5.69 Å². The Bertz CT molecular complexity index is 752.